The topological polar surface area (TPSA) is 116 Å². The van der Waals surface area contributed by atoms with Crippen LogP contribution in [-0.4, -0.2) is 47.2 Å². The number of ketones is 1. The van der Waals surface area contributed by atoms with Crippen LogP contribution in [0.15, 0.2) is 47.5 Å². The van der Waals surface area contributed by atoms with E-state index in [1.165, 1.54) is 0 Å². The Hall–Kier alpha value is -2.81. The number of para-hydroxylation sites is 1. The van der Waals surface area contributed by atoms with Gasteiger partial charge in [0.25, 0.3) is 0 Å². The molecule has 1 saturated heterocycles. The number of aliphatic imine (C=N–C) groups is 1. The van der Waals surface area contributed by atoms with Gasteiger partial charge in [0, 0.05) is 5.39 Å². The summed E-state index contributed by atoms with van der Waals surface area (Å²) in [6.07, 6.45) is 0. The van der Waals surface area contributed by atoms with Gasteiger partial charge in [0.2, 0.25) is 0 Å². The molecule has 4 rings (SSSR count). The van der Waals surface area contributed by atoms with E-state index in [4.69, 9.17) is 0 Å². The van der Waals surface area contributed by atoms with Gasteiger partial charge < -0.3 is 5.11 Å². The quantitative estimate of drug-likeness (QED) is 0.621. The lowest BCUT2D eigenvalue weighted by Gasteiger charge is -2.23. The molecule has 0 unspecified atom stereocenters. The van der Waals surface area contributed by atoms with Gasteiger partial charge in [-0.25, -0.2) is 15.0 Å². The number of Topliss-reactive ketones (excluding diaryl/α,β-unsaturated/α-hetero) is 1. The Morgan fingerprint density at radius 1 is 1.07 bits per heavy atom. The number of nitrogens with zero attached hydrogens (tertiary/aromatic N) is 3. The predicted molar refractivity (Wildman–Crippen MR) is 106 cm³/mol. The Morgan fingerprint density at radius 3 is 2.56 bits per heavy atom. The predicted octanol–water partition coefficient (Wildman–Crippen LogP) is 3.72. The molecule has 0 spiro atoms. The smallest absolute Gasteiger partial charge is 0.197 e. The minimum atomic E-state index is -2.96. The van der Waals surface area contributed by atoms with E-state index in [0.29, 0.717) is 16.5 Å². The summed E-state index contributed by atoms with van der Waals surface area (Å²) < 4.78 is 19.6. The Bertz CT molecular complexity index is 1110. The van der Waals surface area contributed by atoms with Crippen molar-refractivity contribution in [3.8, 4) is 17.1 Å². The molecule has 1 aliphatic heterocycles. The van der Waals surface area contributed by atoms with Gasteiger partial charge in [-0.15, -0.1) is 0 Å². The molecule has 27 heavy (non-hydrogen) atoms. The zero-order valence-corrected chi connectivity index (χ0v) is 15.3. The summed E-state index contributed by atoms with van der Waals surface area (Å²) in [7, 11) is -2.96. The maximum atomic E-state index is 12.1. The van der Waals surface area contributed by atoms with E-state index in [0.717, 1.165) is 5.56 Å². The number of aryl methyl sites for hydroxylation is 1. The first-order valence-corrected chi connectivity index (χ1v) is 10.1. The normalized spacial score (nSPS) is 18.9. The molecule has 0 aliphatic carbocycles. The molecule has 0 atom stereocenters. The minimum Gasteiger partial charge on any atom is -0.507 e. The van der Waals surface area contributed by atoms with E-state index in [-0.39, 0.29) is 34.6 Å². The first-order chi connectivity index (χ1) is 12.8. The van der Waals surface area contributed by atoms with Crippen molar-refractivity contribution in [3.63, 3.8) is 0 Å². The van der Waals surface area contributed by atoms with Crippen molar-refractivity contribution >= 4 is 38.8 Å². The van der Waals surface area contributed by atoms with Gasteiger partial charge >= 0.3 is 0 Å². The molecule has 0 amide bonds. The number of phenols is 1. The van der Waals surface area contributed by atoms with Crippen LogP contribution in [0.5, 0.6) is 5.75 Å². The molecule has 1 fully saturated rings. The molecule has 2 aromatic carbocycles. The third-order valence-corrected chi connectivity index (χ3v) is 5.73. The van der Waals surface area contributed by atoms with Gasteiger partial charge in [0.15, 0.2) is 17.4 Å². The molecule has 0 radical (unpaired) electrons. The van der Waals surface area contributed by atoms with Gasteiger partial charge in [0.05, 0.1) is 16.8 Å². The Balaban J connectivity index is 1.94. The van der Waals surface area contributed by atoms with E-state index >= 15 is 0 Å². The number of carbonyl (C=O) groups is 1. The molecule has 8 heteroatoms. The van der Waals surface area contributed by atoms with Crippen molar-refractivity contribution in [2.45, 2.75) is 6.92 Å². The molecule has 0 bridgehead atoms. The summed E-state index contributed by atoms with van der Waals surface area (Å²) in [5.74, 6) is -0.288. The number of fused-ring (bicyclic) bond motifs is 1. The van der Waals surface area contributed by atoms with Crippen LogP contribution in [0.1, 0.15) is 5.56 Å². The molecule has 1 aliphatic rings. The molecule has 2 heterocycles. The molecule has 3 aromatic rings. The van der Waals surface area contributed by atoms with Crippen LogP contribution in [0.4, 0.5) is 5.82 Å². The van der Waals surface area contributed by atoms with Crippen molar-refractivity contribution in [1.29, 1.82) is 0 Å². The first-order valence-electron chi connectivity index (χ1n) is 8.23. The number of hydrogen-bond acceptors (Lipinski definition) is 7. The van der Waals surface area contributed by atoms with Crippen molar-refractivity contribution in [1.82, 2.24) is 9.97 Å². The second-order valence-electron chi connectivity index (χ2n) is 6.48. The third kappa shape index (κ3) is 3.42. The number of phenolic OH excluding ortho intramolecular Hbond substituents is 1. The van der Waals surface area contributed by atoms with Gasteiger partial charge in [0.1, 0.15) is 17.2 Å². The number of hydrogen-bond donors (Lipinski definition) is 3. The fourth-order valence-electron chi connectivity index (χ4n) is 2.96. The highest BCUT2D eigenvalue weighted by Crippen LogP contribution is 2.43. The van der Waals surface area contributed by atoms with E-state index in [2.05, 4.69) is 15.0 Å². The number of carbonyl (C=O) groups excluding carboxylic acids is 1. The molecular weight excluding hydrogens is 366 g/mol. The number of aromatic hydroxyl groups is 1. The van der Waals surface area contributed by atoms with Crippen LogP contribution >= 0.6 is 10.6 Å². The third-order valence-electron chi connectivity index (χ3n) is 4.27. The van der Waals surface area contributed by atoms with E-state index in [1.54, 1.807) is 24.3 Å². The van der Waals surface area contributed by atoms with Crippen LogP contribution in [0, 0.1) is 6.92 Å². The summed E-state index contributed by atoms with van der Waals surface area (Å²) in [5, 5.41) is 10.8. The van der Waals surface area contributed by atoms with E-state index in [1.807, 2.05) is 25.1 Å². The zero-order valence-electron chi connectivity index (χ0n) is 14.5. The summed E-state index contributed by atoms with van der Waals surface area (Å²) >= 11 is 0. The van der Waals surface area contributed by atoms with E-state index in [9.17, 15) is 19.0 Å². The molecule has 3 N–H and O–H groups in total. The summed E-state index contributed by atoms with van der Waals surface area (Å²) in [5.41, 5.74) is 2.16. The molecule has 1 aromatic heterocycles. The number of benzene rings is 2. The number of aromatic nitrogens is 2. The average Bonchev–Trinajstić information content (AvgIpc) is 2.86. The Morgan fingerprint density at radius 2 is 1.85 bits per heavy atom. The Labute approximate surface area is 156 Å². The summed E-state index contributed by atoms with van der Waals surface area (Å²) in [4.78, 5) is 25.4. The second kappa shape index (κ2) is 6.41. The van der Waals surface area contributed by atoms with Crippen LogP contribution < -0.4 is 0 Å². The molecule has 7 nitrogen and oxygen atoms in total. The van der Waals surface area contributed by atoms with Gasteiger partial charge in [-0.2, -0.15) is 10.6 Å². The highest BCUT2D eigenvalue weighted by Gasteiger charge is 2.33. The second-order valence-corrected chi connectivity index (χ2v) is 8.66. The van der Waals surface area contributed by atoms with Crippen molar-refractivity contribution in [2.24, 2.45) is 4.99 Å². The minimum absolute atomic E-state index is 0.0363. The van der Waals surface area contributed by atoms with Crippen LogP contribution in [0.2, 0.25) is 0 Å². The fraction of sp³-hybridized carbons (Fsp3) is 0.158. The van der Waals surface area contributed by atoms with Crippen molar-refractivity contribution in [2.75, 3.05) is 11.5 Å². The lowest BCUT2D eigenvalue weighted by molar-refractivity contribution is -0.110. The number of rotatable bonds is 2. The van der Waals surface area contributed by atoms with Crippen LogP contribution in [0.25, 0.3) is 22.3 Å². The maximum absolute atomic E-state index is 12.1. The van der Waals surface area contributed by atoms with Crippen LogP contribution in [0.3, 0.4) is 0 Å². The monoisotopic (exact) mass is 383 g/mol. The first kappa shape index (κ1) is 17.6. The van der Waals surface area contributed by atoms with Gasteiger partial charge in [-0.1, -0.05) is 18.2 Å². The van der Waals surface area contributed by atoms with Crippen LogP contribution in [-0.2, 0) is 4.79 Å². The van der Waals surface area contributed by atoms with Gasteiger partial charge in [-0.05, 0) is 36.8 Å². The highest BCUT2D eigenvalue weighted by molar-refractivity contribution is 8.26. The lowest BCUT2D eigenvalue weighted by atomic mass is 10.1. The lowest BCUT2D eigenvalue weighted by Crippen LogP contribution is -2.09. The summed E-state index contributed by atoms with van der Waals surface area (Å²) in [6.45, 7) is 1.93. The fourth-order valence-corrected chi connectivity index (χ4v) is 4.31. The molecule has 0 saturated carbocycles. The SMILES string of the molecule is Cc1ccc2c(N=C3CS(O)(O)CC3=O)nc(-c3ccccc3O)nc2c1. The van der Waals surface area contributed by atoms with Crippen molar-refractivity contribution in [3.05, 3.63) is 48.0 Å². The molecule has 138 valence electrons. The maximum Gasteiger partial charge on any atom is 0.197 e. The van der Waals surface area contributed by atoms with Gasteiger partial charge in [-0.3, -0.25) is 13.9 Å². The average molecular weight is 383 g/mol. The Kier molecular flexibility index (Phi) is 4.18. The summed E-state index contributed by atoms with van der Waals surface area (Å²) in [6, 6.07) is 12.3. The van der Waals surface area contributed by atoms with Crippen molar-refractivity contribution < 1.29 is 19.0 Å². The standard InChI is InChI=1S/C19H17N3O4S/c1-11-6-7-12-14(8-11)20-19(13-4-2-3-5-16(13)23)22-18(12)21-15-9-27(25,26)10-17(15)24/h2-8,23,25-26H,9-10H2,1H3. The zero-order chi connectivity index (χ0) is 19.2. The highest BCUT2D eigenvalue weighted by atomic mass is 32.3. The molecular formula is C19H17N3O4S. The van der Waals surface area contributed by atoms with E-state index < -0.39 is 16.4 Å². The largest absolute Gasteiger partial charge is 0.507 e.